The SMILES string of the molecule is NC(N)=NCCCC(N)C(=O)NC(Cc1ccccc1)C(=O)N1CCCC1C(=O)NC(Cc1cnc[nH]1)C(=O)O. The van der Waals surface area contributed by atoms with Crippen molar-refractivity contribution in [1.29, 1.82) is 0 Å². The van der Waals surface area contributed by atoms with E-state index in [0.29, 0.717) is 44.5 Å². The van der Waals surface area contributed by atoms with Gasteiger partial charge in [0.15, 0.2) is 5.96 Å². The average Bonchev–Trinajstić information content (AvgIpc) is 3.62. The zero-order valence-electron chi connectivity index (χ0n) is 22.2. The molecule has 2 heterocycles. The van der Waals surface area contributed by atoms with Gasteiger partial charge in [0.2, 0.25) is 17.7 Å². The Bertz CT molecular complexity index is 1170. The number of nitrogens with two attached hydrogens (primary N) is 3. The van der Waals surface area contributed by atoms with Gasteiger partial charge in [-0.1, -0.05) is 30.3 Å². The number of aromatic nitrogens is 2. The predicted molar refractivity (Wildman–Crippen MR) is 147 cm³/mol. The number of aromatic amines is 1. The molecular formula is C26H37N9O5. The fraction of sp³-hybridized carbons (Fsp3) is 0.462. The molecule has 1 saturated heterocycles. The highest BCUT2D eigenvalue weighted by Gasteiger charge is 2.39. The highest BCUT2D eigenvalue weighted by molar-refractivity contribution is 5.94. The summed E-state index contributed by atoms with van der Waals surface area (Å²) in [4.78, 5) is 63.6. The van der Waals surface area contributed by atoms with Gasteiger partial charge in [-0.25, -0.2) is 9.78 Å². The minimum Gasteiger partial charge on any atom is -0.480 e. The number of likely N-dealkylation sites (tertiary alicyclic amines) is 1. The smallest absolute Gasteiger partial charge is 0.326 e. The van der Waals surface area contributed by atoms with Crippen molar-refractivity contribution in [2.24, 2.45) is 22.2 Å². The molecule has 0 spiro atoms. The summed E-state index contributed by atoms with van der Waals surface area (Å²) in [6.45, 7) is 0.610. The maximum absolute atomic E-state index is 13.7. The van der Waals surface area contributed by atoms with Crippen LogP contribution in [0.4, 0.5) is 0 Å². The third kappa shape index (κ3) is 8.80. The molecule has 14 nitrogen and oxygen atoms in total. The number of carboxylic acid groups (broad SMARTS) is 1. The van der Waals surface area contributed by atoms with E-state index in [-0.39, 0.29) is 18.8 Å². The van der Waals surface area contributed by atoms with Crippen LogP contribution in [-0.4, -0.2) is 86.9 Å². The van der Waals surface area contributed by atoms with Crippen LogP contribution in [0.25, 0.3) is 0 Å². The van der Waals surface area contributed by atoms with Gasteiger partial charge in [0.1, 0.15) is 18.1 Å². The number of nitrogens with zero attached hydrogens (tertiary/aromatic N) is 3. The Morgan fingerprint density at radius 1 is 1.12 bits per heavy atom. The molecule has 4 unspecified atom stereocenters. The van der Waals surface area contributed by atoms with Crippen molar-refractivity contribution in [3.05, 3.63) is 54.1 Å². The molecular weight excluding hydrogens is 518 g/mol. The van der Waals surface area contributed by atoms with E-state index in [1.807, 2.05) is 30.3 Å². The predicted octanol–water partition coefficient (Wildman–Crippen LogP) is -1.38. The lowest BCUT2D eigenvalue weighted by molar-refractivity contribution is -0.144. The minimum absolute atomic E-state index is 0.00943. The third-order valence-electron chi connectivity index (χ3n) is 6.63. The number of rotatable bonds is 14. The molecule has 0 aliphatic carbocycles. The van der Waals surface area contributed by atoms with E-state index < -0.39 is 47.9 Å². The van der Waals surface area contributed by atoms with Gasteiger partial charge in [-0.2, -0.15) is 0 Å². The number of aliphatic carboxylic acids is 1. The highest BCUT2D eigenvalue weighted by Crippen LogP contribution is 2.20. The van der Waals surface area contributed by atoms with Gasteiger partial charge in [-0.15, -0.1) is 0 Å². The number of aliphatic imine (C=N–C) groups is 1. The van der Waals surface area contributed by atoms with E-state index >= 15 is 0 Å². The molecule has 3 amide bonds. The van der Waals surface area contributed by atoms with Crippen LogP contribution in [0.2, 0.25) is 0 Å². The van der Waals surface area contributed by atoms with Gasteiger partial charge in [0, 0.05) is 37.8 Å². The van der Waals surface area contributed by atoms with Gasteiger partial charge < -0.3 is 42.8 Å². The zero-order valence-corrected chi connectivity index (χ0v) is 22.2. The maximum Gasteiger partial charge on any atom is 0.326 e. The largest absolute Gasteiger partial charge is 0.480 e. The molecule has 0 bridgehead atoms. The summed E-state index contributed by atoms with van der Waals surface area (Å²) in [6.07, 6.45) is 4.80. The Hall–Kier alpha value is -4.46. The maximum atomic E-state index is 13.7. The molecule has 10 N–H and O–H groups in total. The first-order valence-electron chi connectivity index (χ1n) is 13.1. The topological polar surface area (TPSA) is 235 Å². The minimum atomic E-state index is -1.21. The lowest BCUT2D eigenvalue weighted by Crippen LogP contribution is -2.57. The average molecular weight is 556 g/mol. The first kappa shape index (κ1) is 30.1. The molecule has 1 aliphatic heterocycles. The number of hydrogen-bond acceptors (Lipinski definition) is 7. The van der Waals surface area contributed by atoms with Gasteiger partial charge in [-0.05, 0) is 31.2 Å². The summed E-state index contributed by atoms with van der Waals surface area (Å²) >= 11 is 0. The standard InChI is InChI=1S/C26H37N9O5/c27-18(8-4-10-31-26(28)29)22(36)33-19(12-16-6-2-1-3-7-16)24(38)35-11-5-9-21(35)23(37)34-20(25(39)40)13-17-14-30-15-32-17/h1-3,6-7,14-15,18-21H,4-5,8-13,27H2,(H,30,32)(H,33,36)(H,34,37)(H,39,40)(H4,28,29,31). The third-order valence-corrected chi connectivity index (χ3v) is 6.63. The van der Waals surface area contributed by atoms with Crippen LogP contribution in [0.1, 0.15) is 36.9 Å². The van der Waals surface area contributed by atoms with E-state index in [9.17, 15) is 24.3 Å². The van der Waals surface area contributed by atoms with E-state index in [1.54, 1.807) is 0 Å². The van der Waals surface area contributed by atoms with Crippen molar-refractivity contribution in [2.45, 2.75) is 62.7 Å². The normalized spacial score (nSPS) is 16.9. The number of hydrogen-bond donors (Lipinski definition) is 7. The number of guanidine groups is 1. The molecule has 3 rings (SSSR count). The lowest BCUT2D eigenvalue weighted by Gasteiger charge is -2.30. The monoisotopic (exact) mass is 555 g/mol. The number of carboxylic acids is 1. The van der Waals surface area contributed by atoms with Crippen molar-refractivity contribution >= 4 is 29.7 Å². The van der Waals surface area contributed by atoms with Crippen molar-refractivity contribution in [3.63, 3.8) is 0 Å². The molecule has 2 aromatic rings. The Morgan fingerprint density at radius 3 is 2.52 bits per heavy atom. The molecule has 0 radical (unpaired) electrons. The second-order valence-electron chi connectivity index (χ2n) is 9.68. The van der Waals surface area contributed by atoms with Crippen molar-refractivity contribution < 1.29 is 24.3 Å². The summed E-state index contributed by atoms with van der Waals surface area (Å²) < 4.78 is 0. The molecule has 4 atom stereocenters. The van der Waals surface area contributed by atoms with Crippen LogP contribution < -0.4 is 27.8 Å². The molecule has 1 fully saturated rings. The quantitative estimate of drug-likeness (QED) is 0.0825. The number of imidazole rings is 1. The number of carbonyl (C=O) groups excluding carboxylic acids is 3. The van der Waals surface area contributed by atoms with Crippen LogP contribution in [0, 0.1) is 0 Å². The molecule has 216 valence electrons. The van der Waals surface area contributed by atoms with Crippen LogP contribution in [0.5, 0.6) is 0 Å². The Labute approximate surface area is 231 Å². The summed E-state index contributed by atoms with van der Waals surface area (Å²) in [5.41, 5.74) is 18.1. The highest BCUT2D eigenvalue weighted by atomic mass is 16.4. The van der Waals surface area contributed by atoms with E-state index in [2.05, 4.69) is 25.6 Å². The fourth-order valence-electron chi connectivity index (χ4n) is 4.57. The van der Waals surface area contributed by atoms with Crippen molar-refractivity contribution in [3.8, 4) is 0 Å². The number of carbonyl (C=O) groups is 4. The van der Waals surface area contributed by atoms with Crippen LogP contribution in [0.3, 0.4) is 0 Å². The number of amides is 3. The first-order chi connectivity index (χ1) is 19.2. The zero-order chi connectivity index (χ0) is 29.1. The van der Waals surface area contributed by atoms with Gasteiger partial charge >= 0.3 is 5.97 Å². The van der Waals surface area contributed by atoms with Gasteiger partial charge in [0.05, 0.1) is 12.4 Å². The molecule has 1 aromatic heterocycles. The van der Waals surface area contributed by atoms with Crippen LogP contribution in [0.15, 0.2) is 47.8 Å². The first-order valence-corrected chi connectivity index (χ1v) is 13.1. The summed E-state index contributed by atoms with van der Waals surface area (Å²) in [5.74, 6) is -2.78. The van der Waals surface area contributed by atoms with Crippen LogP contribution in [-0.2, 0) is 32.0 Å². The number of benzene rings is 1. The second-order valence-corrected chi connectivity index (χ2v) is 9.68. The number of nitrogens with one attached hydrogen (secondary N) is 3. The Balaban J connectivity index is 1.70. The van der Waals surface area contributed by atoms with Gasteiger partial charge in [0.25, 0.3) is 0 Å². The van der Waals surface area contributed by atoms with Crippen molar-refractivity contribution in [2.75, 3.05) is 13.1 Å². The van der Waals surface area contributed by atoms with Crippen molar-refractivity contribution in [1.82, 2.24) is 25.5 Å². The second kappa shape index (κ2) is 14.6. The molecule has 14 heteroatoms. The summed E-state index contributed by atoms with van der Waals surface area (Å²) in [7, 11) is 0. The number of H-pyrrole nitrogens is 1. The Morgan fingerprint density at radius 2 is 1.88 bits per heavy atom. The lowest BCUT2D eigenvalue weighted by atomic mass is 10.0. The van der Waals surface area contributed by atoms with E-state index in [1.165, 1.54) is 17.4 Å². The van der Waals surface area contributed by atoms with Gasteiger partial charge in [-0.3, -0.25) is 19.4 Å². The molecule has 1 aromatic carbocycles. The molecule has 1 aliphatic rings. The Kier molecular flexibility index (Phi) is 11.0. The van der Waals surface area contributed by atoms with E-state index in [0.717, 1.165) is 5.56 Å². The van der Waals surface area contributed by atoms with Crippen LogP contribution >= 0.6 is 0 Å². The van der Waals surface area contributed by atoms with E-state index in [4.69, 9.17) is 17.2 Å². The fourth-order valence-corrected chi connectivity index (χ4v) is 4.57. The molecule has 0 saturated carbocycles. The molecule has 40 heavy (non-hydrogen) atoms. The summed E-state index contributed by atoms with van der Waals surface area (Å²) in [5, 5.41) is 15.0. The summed E-state index contributed by atoms with van der Waals surface area (Å²) in [6, 6.07) is 5.21.